The van der Waals surface area contributed by atoms with Gasteiger partial charge in [-0.3, -0.25) is 4.79 Å². The highest BCUT2D eigenvalue weighted by molar-refractivity contribution is 7.89. The number of carbonyl (C=O) groups is 1. The molecule has 0 bridgehead atoms. The number of hydrogen-bond donors (Lipinski definition) is 2. The molecule has 3 rings (SSSR count). The van der Waals surface area contributed by atoms with Crippen LogP contribution < -0.4 is 24.7 Å². The van der Waals surface area contributed by atoms with Crippen LogP contribution in [0.1, 0.15) is 11.1 Å². The topological polar surface area (TPSA) is 117 Å². The maximum atomic E-state index is 12.2. The first-order valence-corrected chi connectivity index (χ1v) is 11.9. The van der Waals surface area contributed by atoms with Crippen molar-refractivity contribution in [2.24, 2.45) is 5.14 Å². The molecule has 0 saturated heterocycles. The minimum atomic E-state index is -4.01. The van der Waals surface area contributed by atoms with Crippen molar-refractivity contribution >= 4 is 22.0 Å². The van der Waals surface area contributed by atoms with Gasteiger partial charge in [-0.15, -0.1) is 0 Å². The van der Waals surface area contributed by atoms with Gasteiger partial charge in [0.05, 0.1) is 14.2 Å². The second kappa shape index (κ2) is 11.4. The molecule has 0 unspecified atom stereocenters. The Balaban J connectivity index is 1.63. The molecule has 0 radical (unpaired) electrons. The van der Waals surface area contributed by atoms with Crippen LogP contribution in [0.25, 0.3) is 6.08 Å². The first kappa shape index (κ1) is 24.8. The van der Waals surface area contributed by atoms with E-state index in [1.54, 1.807) is 67.8 Å². The number of primary sulfonamides is 1. The van der Waals surface area contributed by atoms with Crippen molar-refractivity contribution in [3.05, 3.63) is 83.9 Å². The molecule has 0 saturated carbocycles. The van der Waals surface area contributed by atoms with E-state index in [2.05, 4.69) is 5.32 Å². The Bertz CT molecular complexity index is 1270. The van der Waals surface area contributed by atoms with Crippen LogP contribution in [0.4, 0.5) is 0 Å². The molecule has 0 heterocycles. The van der Waals surface area contributed by atoms with Crippen LogP contribution in [0.3, 0.4) is 0 Å². The van der Waals surface area contributed by atoms with Crippen molar-refractivity contribution in [1.29, 1.82) is 0 Å². The molecule has 0 aromatic heterocycles. The third kappa shape index (κ3) is 6.84. The Hall–Kier alpha value is -3.82. The molecule has 34 heavy (non-hydrogen) atoms. The fraction of sp³-hybridized carbons (Fsp3) is 0.160. The number of nitrogens with two attached hydrogens (primary N) is 1. The van der Waals surface area contributed by atoms with E-state index in [4.69, 9.17) is 19.3 Å². The van der Waals surface area contributed by atoms with Gasteiger partial charge in [-0.2, -0.15) is 0 Å². The zero-order chi connectivity index (χ0) is 24.6. The number of para-hydroxylation sites is 1. The standard InChI is InChI=1S/C25H26N2O6S/c1-31-21-11-9-19(23(17-21)32-2)10-13-25(28)27-15-14-18-8-12-22(24(16-18)34(26,29)30)33-20-6-4-3-5-7-20/h3-13,16-17H,14-15H2,1-2H3,(H,27,28)(H2,26,29,30). The lowest BCUT2D eigenvalue weighted by Gasteiger charge is -2.12. The normalized spacial score (nSPS) is 11.3. The quantitative estimate of drug-likeness (QED) is 0.427. The van der Waals surface area contributed by atoms with Gasteiger partial charge in [-0.1, -0.05) is 24.3 Å². The number of ether oxygens (including phenoxy) is 3. The number of rotatable bonds is 10. The molecule has 0 aliphatic heterocycles. The molecule has 178 valence electrons. The molecule has 3 aromatic carbocycles. The van der Waals surface area contributed by atoms with Crippen LogP contribution in [0.2, 0.25) is 0 Å². The van der Waals surface area contributed by atoms with Crippen molar-refractivity contribution < 1.29 is 27.4 Å². The average molecular weight is 483 g/mol. The molecule has 0 atom stereocenters. The molecule has 0 fully saturated rings. The van der Waals surface area contributed by atoms with Gasteiger partial charge >= 0.3 is 0 Å². The fourth-order valence-electron chi connectivity index (χ4n) is 3.14. The molecule has 0 aliphatic rings. The SMILES string of the molecule is COc1ccc(C=CC(=O)NCCc2ccc(Oc3ccccc3)c(S(N)(=O)=O)c2)c(OC)c1. The van der Waals surface area contributed by atoms with Crippen molar-refractivity contribution in [3.63, 3.8) is 0 Å². The van der Waals surface area contributed by atoms with Gasteiger partial charge < -0.3 is 19.5 Å². The van der Waals surface area contributed by atoms with Crippen LogP contribution in [0.15, 0.2) is 77.7 Å². The molecule has 3 aromatic rings. The van der Waals surface area contributed by atoms with Gasteiger partial charge in [0.1, 0.15) is 27.9 Å². The summed E-state index contributed by atoms with van der Waals surface area (Å²) in [6.45, 7) is 0.297. The summed E-state index contributed by atoms with van der Waals surface area (Å²) in [6, 6.07) is 18.8. The summed E-state index contributed by atoms with van der Waals surface area (Å²) in [5.41, 5.74) is 1.41. The number of carbonyl (C=O) groups excluding carboxylic acids is 1. The van der Waals surface area contributed by atoms with Gasteiger partial charge in [0.25, 0.3) is 0 Å². The third-order valence-corrected chi connectivity index (χ3v) is 5.79. The lowest BCUT2D eigenvalue weighted by molar-refractivity contribution is -0.116. The zero-order valence-corrected chi connectivity index (χ0v) is 19.7. The van der Waals surface area contributed by atoms with E-state index >= 15 is 0 Å². The summed E-state index contributed by atoms with van der Waals surface area (Å²) in [5.74, 6) is 1.56. The highest BCUT2D eigenvalue weighted by atomic mass is 32.2. The Morgan fingerprint density at radius 3 is 2.38 bits per heavy atom. The van der Waals surface area contributed by atoms with E-state index in [-0.39, 0.29) is 16.6 Å². The minimum Gasteiger partial charge on any atom is -0.497 e. The summed E-state index contributed by atoms with van der Waals surface area (Å²) < 4.78 is 40.3. The zero-order valence-electron chi connectivity index (χ0n) is 18.9. The Morgan fingerprint density at radius 2 is 1.71 bits per heavy atom. The van der Waals surface area contributed by atoms with Crippen LogP contribution in [0, 0.1) is 0 Å². The van der Waals surface area contributed by atoms with Crippen molar-refractivity contribution in [2.45, 2.75) is 11.3 Å². The largest absolute Gasteiger partial charge is 0.497 e. The second-order valence-corrected chi connectivity index (χ2v) is 8.75. The second-order valence-electron chi connectivity index (χ2n) is 7.22. The summed E-state index contributed by atoms with van der Waals surface area (Å²) in [5, 5.41) is 8.16. The molecule has 9 heteroatoms. The van der Waals surface area contributed by atoms with Crippen molar-refractivity contribution in [3.8, 4) is 23.0 Å². The van der Waals surface area contributed by atoms with E-state index in [1.165, 1.54) is 19.3 Å². The lowest BCUT2D eigenvalue weighted by Crippen LogP contribution is -2.23. The molecule has 1 amide bonds. The predicted octanol–water partition coefficient (Wildman–Crippen LogP) is 3.52. The van der Waals surface area contributed by atoms with E-state index < -0.39 is 10.0 Å². The van der Waals surface area contributed by atoms with E-state index in [0.29, 0.717) is 35.8 Å². The summed E-state index contributed by atoms with van der Waals surface area (Å²) in [6.07, 6.45) is 3.44. The first-order valence-electron chi connectivity index (χ1n) is 10.4. The van der Waals surface area contributed by atoms with Crippen molar-refractivity contribution in [2.75, 3.05) is 20.8 Å². The molecule has 8 nitrogen and oxygen atoms in total. The molecule has 0 spiro atoms. The van der Waals surface area contributed by atoms with Crippen molar-refractivity contribution in [1.82, 2.24) is 5.32 Å². The number of sulfonamides is 1. The molecule has 0 aliphatic carbocycles. The molecular formula is C25H26N2O6S. The third-order valence-electron chi connectivity index (χ3n) is 4.85. The fourth-order valence-corrected chi connectivity index (χ4v) is 3.85. The number of methoxy groups -OCH3 is 2. The smallest absolute Gasteiger partial charge is 0.244 e. The monoisotopic (exact) mass is 482 g/mol. The summed E-state index contributed by atoms with van der Waals surface area (Å²) in [4.78, 5) is 12.1. The maximum absolute atomic E-state index is 12.2. The maximum Gasteiger partial charge on any atom is 0.244 e. The van der Waals surface area contributed by atoms with Gasteiger partial charge in [0.2, 0.25) is 15.9 Å². The summed E-state index contributed by atoms with van der Waals surface area (Å²) in [7, 11) is -0.910. The van der Waals surface area contributed by atoms with E-state index in [1.807, 2.05) is 6.07 Å². The Morgan fingerprint density at radius 1 is 0.941 bits per heavy atom. The lowest BCUT2D eigenvalue weighted by atomic mass is 10.1. The average Bonchev–Trinajstić information content (AvgIpc) is 2.83. The first-order chi connectivity index (χ1) is 16.3. The number of amides is 1. The molecular weight excluding hydrogens is 456 g/mol. The van der Waals surface area contributed by atoms with Gasteiger partial charge in [0.15, 0.2) is 0 Å². The highest BCUT2D eigenvalue weighted by Gasteiger charge is 2.17. The summed E-state index contributed by atoms with van der Waals surface area (Å²) >= 11 is 0. The number of nitrogens with one attached hydrogen (secondary N) is 1. The van der Waals surface area contributed by atoms with Crippen LogP contribution in [-0.2, 0) is 21.2 Å². The van der Waals surface area contributed by atoms with Crippen LogP contribution >= 0.6 is 0 Å². The minimum absolute atomic E-state index is 0.119. The van der Waals surface area contributed by atoms with Gasteiger partial charge in [-0.05, 0) is 54.5 Å². The predicted molar refractivity (Wildman–Crippen MR) is 130 cm³/mol. The van der Waals surface area contributed by atoms with E-state index in [9.17, 15) is 13.2 Å². The van der Waals surface area contributed by atoms with Gasteiger partial charge in [0, 0.05) is 24.3 Å². The Kier molecular flexibility index (Phi) is 8.29. The highest BCUT2D eigenvalue weighted by Crippen LogP contribution is 2.29. The van der Waals surface area contributed by atoms with Crippen LogP contribution in [-0.4, -0.2) is 35.1 Å². The number of benzene rings is 3. The Labute approximate surface area is 199 Å². The van der Waals surface area contributed by atoms with Crippen LogP contribution in [0.5, 0.6) is 23.0 Å². The van der Waals surface area contributed by atoms with Gasteiger partial charge in [-0.25, -0.2) is 13.6 Å². The van der Waals surface area contributed by atoms with E-state index in [0.717, 1.165) is 5.56 Å². The molecule has 3 N–H and O–H groups in total. The number of hydrogen-bond acceptors (Lipinski definition) is 6.